The molecule has 1 amide bonds. The van der Waals surface area contributed by atoms with Crippen LogP contribution in [0.2, 0.25) is 5.02 Å². The predicted molar refractivity (Wildman–Crippen MR) is 119 cm³/mol. The number of rotatable bonds is 4. The first-order valence-electron chi connectivity index (χ1n) is 9.83. The summed E-state index contributed by atoms with van der Waals surface area (Å²) in [5.41, 5.74) is 2.58. The van der Waals surface area contributed by atoms with Gasteiger partial charge in [0.1, 0.15) is 0 Å². The molecule has 1 aromatic heterocycles. The Morgan fingerprint density at radius 1 is 0.935 bits per heavy atom. The van der Waals surface area contributed by atoms with E-state index in [0.29, 0.717) is 29.4 Å². The highest BCUT2D eigenvalue weighted by Gasteiger charge is 2.36. The number of hydrogen-bond acceptors (Lipinski definition) is 4. The molecule has 0 N–H and O–H groups in total. The van der Waals surface area contributed by atoms with Crippen molar-refractivity contribution in [2.75, 3.05) is 4.90 Å². The summed E-state index contributed by atoms with van der Waals surface area (Å²) >= 11 is 6.15. The van der Waals surface area contributed by atoms with Crippen LogP contribution in [0, 0.1) is 0 Å². The average Bonchev–Trinajstić information content (AvgIpc) is 3.17. The Balaban J connectivity index is 1.45. The summed E-state index contributed by atoms with van der Waals surface area (Å²) in [7, 11) is -3.73. The molecule has 0 radical (unpaired) electrons. The second-order valence-electron chi connectivity index (χ2n) is 7.34. The Hall–Kier alpha value is -3.16. The first-order chi connectivity index (χ1) is 15.0. The molecule has 4 aromatic rings. The van der Waals surface area contributed by atoms with Gasteiger partial charge in [0.25, 0.3) is 0 Å². The van der Waals surface area contributed by atoms with Crippen molar-refractivity contribution < 1.29 is 13.2 Å². The normalized spacial score (nSPS) is 14.3. The Morgan fingerprint density at radius 2 is 1.68 bits per heavy atom. The number of hydrogen-bond donors (Lipinski definition) is 0. The number of benzene rings is 3. The second-order valence-corrected chi connectivity index (χ2v) is 9.67. The number of aromatic nitrogens is 2. The van der Waals surface area contributed by atoms with Crippen LogP contribution in [0.15, 0.2) is 82.8 Å². The van der Waals surface area contributed by atoms with E-state index in [1.54, 1.807) is 24.5 Å². The van der Waals surface area contributed by atoms with Crippen LogP contribution in [0.4, 0.5) is 11.4 Å². The maximum absolute atomic E-state index is 13.3. The number of halogens is 1. The summed E-state index contributed by atoms with van der Waals surface area (Å²) in [6, 6.07) is 18.9. The van der Waals surface area contributed by atoms with E-state index in [1.165, 1.54) is 29.2 Å². The lowest BCUT2D eigenvalue weighted by atomic mass is 10.2. The van der Waals surface area contributed by atoms with Crippen molar-refractivity contribution in [2.24, 2.45) is 0 Å². The molecule has 156 valence electrons. The molecule has 1 aliphatic heterocycles. The number of sulfone groups is 1. The lowest BCUT2D eigenvalue weighted by molar-refractivity contribution is -0.118. The minimum atomic E-state index is -3.73. The number of aryl methyl sites for hydroxylation is 1. The second kappa shape index (κ2) is 7.51. The van der Waals surface area contributed by atoms with Crippen molar-refractivity contribution >= 4 is 49.8 Å². The fourth-order valence-corrected chi connectivity index (χ4v) is 5.75. The molecule has 1 aliphatic rings. The summed E-state index contributed by atoms with van der Waals surface area (Å²) in [6.07, 6.45) is 2.60. The zero-order chi connectivity index (χ0) is 21.6. The van der Waals surface area contributed by atoms with Crippen LogP contribution < -0.4 is 4.90 Å². The molecule has 31 heavy (non-hydrogen) atoms. The van der Waals surface area contributed by atoms with E-state index in [0.717, 1.165) is 11.0 Å². The van der Waals surface area contributed by atoms with Crippen molar-refractivity contribution in [3.05, 3.63) is 78.1 Å². The number of para-hydroxylation sites is 3. The molecule has 0 saturated carbocycles. The van der Waals surface area contributed by atoms with E-state index in [-0.39, 0.29) is 22.1 Å². The molecule has 0 fully saturated rings. The highest BCUT2D eigenvalue weighted by atomic mass is 35.5. The van der Waals surface area contributed by atoms with Gasteiger partial charge in [-0.25, -0.2) is 13.4 Å². The predicted octanol–water partition coefficient (Wildman–Crippen LogP) is 4.98. The number of imidazole rings is 1. The molecular formula is C23H18ClN3O3S. The topological polar surface area (TPSA) is 72.3 Å². The van der Waals surface area contributed by atoms with Crippen LogP contribution >= 0.6 is 11.6 Å². The van der Waals surface area contributed by atoms with E-state index in [2.05, 4.69) is 4.98 Å². The minimum Gasteiger partial charge on any atom is -0.331 e. The number of fused-ring (bicyclic) bond motifs is 3. The van der Waals surface area contributed by atoms with Gasteiger partial charge < -0.3 is 4.57 Å². The number of amides is 1. The van der Waals surface area contributed by atoms with Crippen LogP contribution in [-0.2, 0) is 21.2 Å². The van der Waals surface area contributed by atoms with Crippen molar-refractivity contribution in [3.8, 4) is 0 Å². The molecule has 0 unspecified atom stereocenters. The zero-order valence-corrected chi connectivity index (χ0v) is 18.0. The Kier molecular flexibility index (Phi) is 4.79. The first kappa shape index (κ1) is 19.8. The summed E-state index contributed by atoms with van der Waals surface area (Å²) in [5, 5.41) is 0.371. The molecule has 0 spiro atoms. The smallest absolute Gasteiger partial charge is 0.231 e. The SMILES string of the molecule is O=C(CCCn1cnc2ccccc21)N1c2ccccc2S(=O)(=O)c2ccc(Cl)cc21. The Bertz CT molecular complexity index is 1430. The standard InChI is InChI=1S/C23H18ClN3O3S/c24-16-11-12-22-20(14-16)27(19-8-3-4-9-21(19)31(22,29)30)23(28)10-5-13-26-15-25-17-6-1-2-7-18(17)26/h1-4,6-9,11-12,14-15H,5,10,13H2. The molecule has 2 heterocycles. The third kappa shape index (κ3) is 3.30. The monoisotopic (exact) mass is 451 g/mol. The number of carbonyl (C=O) groups is 1. The number of carbonyl (C=O) groups excluding carboxylic acids is 1. The van der Waals surface area contributed by atoms with Gasteiger partial charge in [-0.2, -0.15) is 0 Å². The lowest BCUT2D eigenvalue weighted by Gasteiger charge is -2.31. The third-order valence-corrected chi connectivity index (χ3v) is 7.50. The van der Waals surface area contributed by atoms with Crippen molar-refractivity contribution in [3.63, 3.8) is 0 Å². The fraction of sp³-hybridized carbons (Fsp3) is 0.130. The van der Waals surface area contributed by atoms with Gasteiger partial charge in [-0.15, -0.1) is 0 Å². The highest BCUT2D eigenvalue weighted by molar-refractivity contribution is 7.92. The lowest BCUT2D eigenvalue weighted by Crippen LogP contribution is -2.31. The van der Waals surface area contributed by atoms with Crippen molar-refractivity contribution in [1.29, 1.82) is 0 Å². The molecule has 3 aromatic carbocycles. The molecular weight excluding hydrogens is 434 g/mol. The Labute approximate surface area is 184 Å². The molecule has 8 heteroatoms. The van der Waals surface area contributed by atoms with Crippen LogP contribution in [0.1, 0.15) is 12.8 Å². The quantitative estimate of drug-likeness (QED) is 0.438. The highest BCUT2D eigenvalue weighted by Crippen LogP contribution is 2.45. The van der Waals surface area contributed by atoms with Crippen molar-refractivity contribution in [2.45, 2.75) is 29.2 Å². The molecule has 6 nitrogen and oxygen atoms in total. The molecule has 0 saturated heterocycles. The van der Waals surface area contributed by atoms with Crippen LogP contribution in [0.5, 0.6) is 0 Å². The van der Waals surface area contributed by atoms with E-state index >= 15 is 0 Å². The summed E-state index contributed by atoms with van der Waals surface area (Å²) in [6.45, 7) is 0.627. The van der Waals surface area contributed by atoms with Gasteiger partial charge in [-0.05, 0) is 48.9 Å². The molecule has 0 atom stereocenters. The molecule has 0 bridgehead atoms. The van der Waals surface area contributed by atoms with Crippen LogP contribution in [0.3, 0.4) is 0 Å². The third-order valence-electron chi connectivity index (χ3n) is 5.41. The maximum atomic E-state index is 13.3. The first-order valence-corrected chi connectivity index (χ1v) is 11.7. The summed E-state index contributed by atoms with van der Waals surface area (Å²) in [4.78, 5) is 19.4. The number of nitrogens with zero attached hydrogens (tertiary/aromatic N) is 3. The largest absolute Gasteiger partial charge is 0.331 e. The molecule has 5 rings (SSSR count). The number of anilines is 2. The van der Waals surface area contributed by atoms with Gasteiger partial charge in [0.15, 0.2) is 0 Å². The van der Waals surface area contributed by atoms with E-state index in [4.69, 9.17) is 11.6 Å². The zero-order valence-electron chi connectivity index (χ0n) is 16.4. The van der Waals surface area contributed by atoms with Gasteiger partial charge in [-0.3, -0.25) is 9.69 Å². The summed E-state index contributed by atoms with van der Waals surface area (Å²) in [5.74, 6) is -0.185. The van der Waals surface area contributed by atoms with Crippen LogP contribution in [0.25, 0.3) is 11.0 Å². The fourth-order valence-electron chi connectivity index (χ4n) is 3.98. The van der Waals surface area contributed by atoms with Gasteiger partial charge in [-0.1, -0.05) is 35.9 Å². The van der Waals surface area contributed by atoms with Gasteiger partial charge in [0.05, 0.1) is 38.5 Å². The van der Waals surface area contributed by atoms with Crippen molar-refractivity contribution in [1.82, 2.24) is 9.55 Å². The van der Waals surface area contributed by atoms with E-state index < -0.39 is 9.84 Å². The van der Waals surface area contributed by atoms with E-state index in [9.17, 15) is 13.2 Å². The minimum absolute atomic E-state index is 0.0875. The van der Waals surface area contributed by atoms with Gasteiger partial charge >= 0.3 is 0 Å². The Morgan fingerprint density at radius 3 is 2.55 bits per heavy atom. The molecule has 0 aliphatic carbocycles. The van der Waals surface area contributed by atoms with Gasteiger partial charge in [0, 0.05) is 18.0 Å². The van der Waals surface area contributed by atoms with Gasteiger partial charge in [0.2, 0.25) is 15.7 Å². The maximum Gasteiger partial charge on any atom is 0.231 e. The summed E-state index contributed by atoms with van der Waals surface area (Å²) < 4.78 is 28.2. The van der Waals surface area contributed by atoms with E-state index in [1.807, 2.05) is 28.8 Å². The average molecular weight is 452 g/mol. The van der Waals surface area contributed by atoms with Crippen LogP contribution in [-0.4, -0.2) is 23.9 Å².